The van der Waals surface area contributed by atoms with Gasteiger partial charge in [-0.05, 0) is 36.6 Å². The predicted molar refractivity (Wildman–Crippen MR) is 83.9 cm³/mol. The molecular weight excluding hydrogens is 254 g/mol. The first-order valence-corrected chi connectivity index (χ1v) is 7.16. The molecule has 0 radical (unpaired) electrons. The smallest absolute Gasteiger partial charge is 0.0640 e. The summed E-state index contributed by atoms with van der Waals surface area (Å²) in [5, 5.41) is 4.35. The lowest BCUT2D eigenvalue weighted by Gasteiger charge is -2.21. The molecule has 0 fully saturated rings. The number of nitrogens with one attached hydrogen (secondary N) is 1. The Morgan fingerprint density at radius 3 is 2.47 bits per heavy atom. The van der Waals surface area contributed by atoms with Gasteiger partial charge in [-0.3, -0.25) is 0 Å². The SMILES string of the molecule is CCCC(Nc1ccc(C)cc1Cl)c1ccccc1. The number of rotatable bonds is 5. The van der Waals surface area contributed by atoms with Crippen LogP contribution < -0.4 is 5.32 Å². The molecule has 0 heterocycles. The van der Waals surface area contributed by atoms with E-state index in [-0.39, 0.29) is 0 Å². The number of anilines is 1. The maximum Gasteiger partial charge on any atom is 0.0640 e. The highest BCUT2D eigenvalue weighted by molar-refractivity contribution is 6.33. The highest BCUT2D eigenvalue weighted by Gasteiger charge is 2.11. The first kappa shape index (κ1) is 14.0. The van der Waals surface area contributed by atoms with Crippen LogP contribution >= 0.6 is 11.6 Å². The van der Waals surface area contributed by atoms with Gasteiger partial charge in [-0.1, -0.05) is 61.3 Å². The minimum Gasteiger partial charge on any atom is -0.377 e. The van der Waals surface area contributed by atoms with E-state index in [9.17, 15) is 0 Å². The van der Waals surface area contributed by atoms with Gasteiger partial charge in [0.05, 0.1) is 16.8 Å². The summed E-state index contributed by atoms with van der Waals surface area (Å²) in [5.41, 5.74) is 3.50. The Balaban J connectivity index is 2.21. The van der Waals surface area contributed by atoms with Gasteiger partial charge in [0.2, 0.25) is 0 Å². The number of hydrogen-bond acceptors (Lipinski definition) is 1. The van der Waals surface area contributed by atoms with Crippen molar-refractivity contribution in [3.63, 3.8) is 0 Å². The molecule has 1 N–H and O–H groups in total. The Morgan fingerprint density at radius 2 is 1.84 bits per heavy atom. The van der Waals surface area contributed by atoms with Crippen molar-refractivity contribution in [2.75, 3.05) is 5.32 Å². The molecule has 0 spiro atoms. The second-order valence-electron chi connectivity index (χ2n) is 4.88. The van der Waals surface area contributed by atoms with Gasteiger partial charge < -0.3 is 5.32 Å². The highest BCUT2D eigenvalue weighted by Crippen LogP contribution is 2.29. The van der Waals surface area contributed by atoms with Crippen molar-refractivity contribution in [1.29, 1.82) is 0 Å². The van der Waals surface area contributed by atoms with Crippen LogP contribution in [0.3, 0.4) is 0 Å². The van der Waals surface area contributed by atoms with Gasteiger partial charge in [0.1, 0.15) is 0 Å². The molecule has 100 valence electrons. The van der Waals surface area contributed by atoms with E-state index in [1.54, 1.807) is 0 Å². The second kappa shape index (κ2) is 6.63. The molecule has 19 heavy (non-hydrogen) atoms. The fraction of sp³-hybridized carbons (Fsp3) is 0.294. The average molecular weight is 274 g/mol. The zero-order valence-electron chi connectivity index (χ0n) is 11.5. The number of benzene rings is 2. The van der Waals surface area contributed by atoms with Crippen LogP contribution in [0.15, 0.2) is 48.5 Å². The van der Waals surface area contributed by atoms with Crippen LogP contribution in [0.1, 0.15) is 36.9 Å². The van der Waals surface area contributed by atoms with Crippen LogP contribution in [0, 0.1) is 6.92 Å². The van der Waals surface area contributed by atoms with E-state index in [2.05, 4.69) is 55.6 Å². The van der Waals surface area contributed by atoms with Crippen molar-refractivity contribution in [3.05, 3.63) is 64.7 Å². The van der Waals surface area contributed by atoms with Crippen LogP contribution in [0.2, 0.25) is 5.02 Å². The lowest BCUT2D eigenvalue weighted by Crippen LogP contribution is -2.10. The van der Waals surface area contributed by atoms with Crippen LogP contribution in [0.4, 0.5) is 5.69 Å². The van der Waals surface area contributed by atoms with E-state index in [0.717, 1.165) is 23.6 Å². The monoisotopic (exact) mass is 273 g/mol. The van der Waals surface area contributed by atoms with Crippen molar-refractivity contribution in [2.45, 2.75) is 32.7 Å². The minimum absolute atomic E-state index is 0.311. The van der Waals surface area contributed by atoms with Crippen molar-refractivity contribution in [2.24, 2.45) is 0 Å². The standard InChI is InChI=1S/C17H20ClN/c1-3-7-16(14-8-5-4-6-9-14)19-17-11-10-13(2)12-15(17)18/h4-6,8-12,16,19H,3,7H2,1-2H3. The summed E-state index contributed by atoms with van der Waals surface area (Å²) in [4.78, 5) is 0. The molecule has 2 rings (SSSR count). The van der Waals surface area contributed by atoms with E-state index in [1.165, 1.54) is 11.1 Å². The minimum atomic E-state index is 0.311. The van der Waals surface area contributed by atoms with Crippen molar-refractivity contribution < 1.29 is 0 Å². The molecule has 0 aliphatic carbocycles. The Morgan fingerprint density at radius 1 is 1.11 bits per heavy atom. The van der Waals surface area contributed by atoms with E-state index in [0.29, 0.717) is 6.04 Å². The second-order valence-corrected chi connectivity index (χ2v) is 5.29. The molecule has 0 aliphatic heterocycles. The van der Waals surface area contributed by atoms with Gasteiger partial charge in [-0.15, -0.1) is 0 Å². The molecule has 1 atom stereocenters. The molecule has 0 saturated heterocycles. The molecule has 2 aromatic rings. The summed E-state index contributed by atoms with van der Waals surface area (Å²) in [5.74, 6) is 0. The highest BCUT2D eigenvalue weighted by atomic mass is 35.5. The van der Waals surface area contributed by atoms with Gasteiger partial charge in [-0.2, -0.15) is 0 Å². The van der Waals surface area contributed by atoms with Crippen molar-refractivity contribution in [3.8, 4) is 0 Å². The zero-order chi connectivity index (χ0) is 13.7. The van der Waals surface area contributed by atoms with E-state index in [4.69, 9.17) is 11.6 Å². The van der Waals surface area contributed by atoms with E-state index < -0.39 is 0 Å². The first-order valence-electron chi connectivity index (χ1n) is 6.78. The lowest BCUT2D eigenvalue weighted by molar-refractivity contribution is 0.677. The third-order valence-electron chi connectivity index (χ3n) is 3.23. The molecule has 2 aromatic carbocycles. The van der Waals surface area contributed by atoms with Crippen molar-refractivity contribution >= 4 is 17.3 Å². The zero-order valence-corrected chi connectivity index (χ0v) is 12.2. The molecular formula is C17H20ClN. The molecule has 2 heteroatoms. The third kappa shape index (κ3) is 3.74. The number of halogens is 1. The Labute approximate surface area is 120 Å². The Kier molecular flexibility index (Phi) is 4.86. The Bertz CT molecular complexity index is 522. The van der Waals surface area contributed by atoms with Gasteiger partial charge in [0.15, 0.2) is 0 Å². The fourth-order valence-corrected chi connectivity index (χ4v) is 2.51. The summed E-state index contributed by atoms with van der Waals surface area (Å²) in [7, 11) is 0. The Hall–Kier alpha value is -1.47. The average Bonchev–Trinajstić information content (AvgIpc) is 2.42. The lowest BCUT2D eigenvalue weighted by atomic mass is 10.0. The molecule has 0 saturated carbocycles. The topological polar surface area (TPSA) is 12.0 Å². The van der Waals surface area contributed by atoms with Crippen LogP contribution in [-0.2, 0) is 0 Å². The number of hydrogen-bond donors (Lipinski definition) is 1. The fourth-order valence-electron chi connectivity index (χ4n) is 2.22. The third-order valence-corrected chi connectivity index (χ3v) is 3.55. The first-order chi connectivity index (χ1) is 9.20. The van der Waals surface area contributed by atoms with Gasteiger partial charge in [0.25, 0.3) is 0 Å². The van der Waals surface area contributed by atoms with Gasteiger partial charge >= 0.3 is 0 Å². The summed E-state index contributed by atoms with van der Waals surface area (Å²) in [6, 6.07) is 17.0. The molecule has 1 nitrogen and oxygen atoms in total. The molecule has 1 unspecified atom stereocenters. The quantitative estimate of drug-likeness (QED) is 0.747. The maximum atomic E-state index is 6.30. The molecule has 0 aliphatic rings. The van der Waals surface area contributed by atoms with Gasteiger partial charge in [-0.25, -0.2) is 0 Å². The molecule has 0 amide bonds. The largest absolute Gasteiger partial charge is 0.377 e. The summed E-state index contributed by atoms with van der Waals surface area (Å²) >= 11 is 6.30. The van der Waals surface area contributed by atoms with Crippen LogP contribution in [0.25, 0.3) is 0 Å². The maximum absolute atomic E-state index is 6.30. The predicted octanol–water partition coefficient (Wildman–Crippen LogP) is 5.60. The van der Waals surface area contributed by atoms with Crippen molar-refractivity contribution in [1.82, 2.24) is 0 Å². The molecule has 0 bridgehead atoms. The van der Waals surface area contributed by atoms with Crippen LogP contribution in [0.5, 0.6) is 0 Å². The van der Waals surface area contributed by atoms with Gasteiger partial charge in [0, 0.05) is 0 Å². The van der Waals surface area contributed by atoms with E-state index in [1.807, 2.05) is 12.1 Å². The molecule has 0 aromatic heterocycles. The summed E-state index contributed by atoms with van der Waals surface area (Å²) < 4.78 is 0. The summed E-state index contributed by atoms with van der Waals surface area (Å²) in [6.45, 7) is 4.25. The van der Waals surface area contributed by atoms with Crippen LogP contribution in [-0.4, -0.2) is 0 Å². The van der Waals surface area contributed by atoms with E-state index >= 15 is 0 Å². The summed E-state index contributed by atoms with van der Waals surface area (Å²) in [6.07, 6.45) is 2.23. The number of aryl methyl sites for hydroxylation is 1. The normalized spacial score (nSPS) is 12.2.